The van der Waals surface area contributed by atoms with Gasteiger partial charge in [0.05, 0.1) is 13.2 Å². The molecule has 1 saturated heterocycles. The lowest BCUT2D eigenvalue weighted by Gasteiger charge is -2.24. The van der Waals surface area contributed by atoms with Crippen LogP contribution >= 0.6 is 0 Å². The van der Waals surface area contributed by atoms with Crippen molar-refractivity contribution >= 4 is 11.8 Å². The van der Waals surface area contributed by atoms with Crippen molar-refractivity contribution in [3.63, 3.8) is 0 Å². The molecule has 164 valence electrons. The minimum Gasteiger partial charge on any atom is -0.372 e. The van der Waals surface area contributed by atoms with Gasteiger partial charge in [0, 0.05) is 18.7 Å². The number of amides is 2. The minimum atomic E-state index is -0.427. The van der Waals surface area contributed by atoms with Crippen LogP contribution in [0.4, 0.5) is 0 Å². The van der Waals surface area contributed by atoms with Gasteiger partial charge in [0.15, 0.2) is 0 Å². The molecule has 1 aliphatic heterocycles. The van der Waals surface area contributed by atoms with Gasteiger partial charge in [-0.05, 0) is 41.7 Å². The van der Waals surface area contributed by atoms with Crippen molar-refractivity contribution in [1.82, 2.24) is 10.2 Å². The second-order valence-corrected chi connectivity index (χ2v) is 7.99. The molecule has 1 atom stereocenters. The Morgan fingerprint density at radius 3 is 2.25 bits per heavy atom. The first-order valence-electron chi connectivity index (χ1n) is 11.0. The Bertz CT molecular complexity index is 1040. The molecule has 0 aromatic heterocycles. The van der Waals surface area contributed by atoms with Crippen LogP contribution in [0.3, 0.4) is 0 Å². The number of nitrogens with one attached hydrogen (secondary N) is 1. The average Bonchev–Trinajstić information content (AvgIpc) is 3.34. The predicted octanol–water partition coefficient (Wildman–Crippen LogP) is 4.32. The van der Waals surface area contributed by atoms with Crippen LogP contribution in [-0.4, -0.2) is 29.3 Å². The molecule has 0 radical (unpaired) electrons. The van der Waals surface area contributed by atoms with Crippen LogP contribution in [0.2, 0.25) is 0 Å². The van der Waals surface area contributed by atoms with E-state index in [1.54, 1.807) is 17.0 Å². The van der Waals surface area contributed by atoms with E-state index in [-0.39, 0.29) is 11.8 Å². The molecular weight excluding hydrogens is 400 g/mol. The summed E-state index contributed by atoms with van der Waals surface area (Å²) in [6.07, 6.45) is 1.52. The van der Waals surface area contributed by atoms with Gasteiger partial charge in [-0.25, -0.2) is 0 Å². The zero-order valence-corrected chi connectivity index (χ0v) is 18.1. The van der Waals surface area contributed by atoms with E-state index >= 15 is 0 Å². The third kappa shape index (κ3) is 5.42. The van der Waals surface area contributed by atoms with Crippen LogP contribution in [0.5, 0.6) is 0 Å². The fourth-order valence-electron chi connectivity index (χ4n) is 4.05. The first-order valence-corrected chi connectivity index (χ1v) is 11.0. The number of rotatable bonds is 8. The van der Waals surface area contributed by atoms with Gasteiger partial charge in [-0.15, -0.1) is 0 Å². The zero-order chi connectivity index (χ0) is 22.2. The molecule has 1 heterocycles. The monoisotopic (exact) mass is 428 g/mol. The quantitative estimate of drug-likeness (QED) is 0.581. The average molecular weight is 429 g/mol. The summed E-state index contributed by atoms with van der Waals surface area (Å²) < 4.78 is 5.88. The Kier molecular flexibility index (Phi) is 7.31. The molecule has 0 aliphatic carbocycles. The van der Waals surface area contributed by atoms with E-state index in [4.69, 9.17) is 4.74 Å². The summed E-state index contributed by atoms with van der Waals surface area (Å²) >= 11 is 0. The van der Waals surface area contributed by atoms with Crippen LogP contribution in [0.1, 0.15) is 39.9 Å². The van der Waals surface area contributed by atoms with Crippen LogP contribution in [0.15, 0.2) is 84.9 Å². The zero-order valence-electron chi connectivity index (χ0n) is 18.1. The molecule has 3 aromatic rings. The summed E-state index contributed by atoms with van der Waals surface area (Å²) in [7, 11) is 0. The first kappa shape index (κ1) is 21.8. The molecule has 0 bridgehead atoms. The molecule has 2 amide bonds. The molecule has 5 nitrogen and oxygen atoms in total. The number of nitrogens with zero attached hydrogens (tertiary/aromatic N) is 1. The number of carbonyl (C=O) groups is 2. The highest BCUT2D eigenvalue weighted by Crippen LogP contribution is 2.21. The van der Waals surface area contributed by atoms with Gasteiger partial charge in [-0.3, -0.25) is 9.59 Å². The lowest BCUT2D eigenvalue weighted by molar-refractivity contribution is -0.125. The molecule has 32 heavy (non-hydrogen) atoms. The van der Waals surface area contributed by atoms with E-state index in [1.165, 1.54) is 0 Å². The minimum absolute atomic E-state index is 0.0852. The van der Waals surface area contributed by atoms with Crippen LogP contribution in [0.25, 0.3) is 0 Å². The van der Waals surface area contributed by atoms with Gasteiger partial charge < -0.3 is 15.0 Å². The number of likely N-dealkylation sites (tertiary alicyclic amines) is 1. The third-order valence-corrected chi connectivity index (χ3v) is 5.78. The highest BCUT2D eigenvalue weighted by molar-refractivity contribution is 5.97. The number of hydrogen-bond donors (Lipinski definition) is 1. The molecule has 4 rings (SSSR count). The highest BCUT2D eigenvalue weighted by atomic mass is 16.5. The smallest absolute Gasteiger partial charge is 0.254 e. The lowest BCUT2D eigenvalue weighted by atomic mass is 10.1. The fourth-order valence-corrected chi connectivity index (χ4v) is 4.05. The second-order valence-electron chi connectivity index (χ2n) is 7.99. The largest absolute Gasteiger partial charge is 0.372 e. The summed E-state index contributed by atoms with van der Waals surface area (Å²) in [5, 5.41) is 3.04. The SMILES string of the molecule is O=C(NCc1ccccc1COCc1ccccc1)C1CCCN1C(=O)c1ccccc1. The Labute approximate surface area is 189 Å². The number of ether oxygens (including phenoxy) is 1. The van der Waals surface area contributed by atoms with Gasteiger partial charge in [0.1, 0.15) is 6.04 Å². The van der Waals surface area contributed by atoms with Crippen molar-refractivity contribution in [3.8, 4) is 0 Å². The van der Waals surface area contributed by atoms with E-state index in [0.717, 1.165) is 23.1 Å². The predicted molar refractivity (Wildman–Crippen MR) is 124 cm³/mol. The van der Waals surface area contributed by atoms with E-state index in [2.05, 4.69) is 5.32 Å². The summed E-state index contributed by atoms with van der Waals surface area (Å²) in [5.74, 6) is -0.190. The maximum Gasteiger partial charge on any atom is 0.254 e. The normalized spacial score (nSPS) is 15.5. The van der Waals surface area contributed by atoms with Gasteiger partial charge >= 0.3 is 0 Å². The Morgan fingerprint density at radius 2 is 1.50 bits per heavy atom. The third-order valence-electron chi connectivity index (χ3n) is 5.78. The molecular formula is C27H28N2O3. The Morgan fingerprint density at radius 1 is 0.844 bits per heavy atom. The van der Waals surface area contributed by atoms with Crippen molar-refractivity contribution in [2.75, 3.05) is 6.54 Å². The van der Waals surface area contributed by atoms with Crippen molar-refractivity contribution in [2.45, 2.75) is 38.6 Å². The van der Waals surface area contributed by atoms with Crippen molar-refractivity contribution in [2.24, 2.45) is 0 Å². The maximum absolute atomic E-state index is 12.9. The second kappa shape index (κ2) is 10.7. The van der Waals surface area contributed by atoms with E-state index in [9.17, 15) is 9.59 Å². The Hall–Kier alpha value is -3.44. The lowest BCUT2D eigenvalue weighted by Crippen LogP contribution is -2.45. The van der Waals surface area contributed by atoms with Crippen molar-refractivity contribution in [1.29, 1.82) is 0 Å². The summed E-state index contributed by atoms with van der Waals surface area (Å²) in [4.78, 5) is 27.5. The molecule has 0 saturated carbocycles. The molecule has 3 aromatic carbocycles. The van der Waals surface area contributed by atoms with Crippen molar-refractivity contribution < 1.29 is 14.3 Å². The molecule has 1 unspecified atom stereocenters. The number of carbonyl (C=O) groups excluding carboxylic acids is 2. The highest BCUT2D eigenvalue weighted by Gasteiger charge is 2.34. The van der Waals surface area contributed by atoms with Gasteiger partial charge in [0.2, 0.25) is 5.91 Å². The fraction of sp³-hybridized carbons (Fsp3) is 0.259. The van der Waals surface area contributed by atoms with Crippen LogP contribution in [-0.2, 0) is 29.3 Å². The topological polar surface area (TPSA) is 58.6 Å². The Balaban J connectivity index is 1.34. The molecule has 5 heteroatoms. The molecule has 1 fully saturated rings. The summed E-state index contributed by atoms with van der Waals surface area (Å²) in [6, 6.07) is 26.7. The number of benzene rings is 3. The standard InChI is InChI=1S/C27H28N2O3/c30-26(25-16-9-17-29(25)27(31)22-12-5-2-6-13-22)28-18-23-14-7-8-15-24(23)20-32-19-21-10-3-1-4-11-21/h1-8,10-15,25H,9,16-20H2,(H,28,30). The van der Waals surface area contributed by atoms with Gasteiger partial charge in [-0.1, -0.05) is 72.8 Å². The summed E-state index contributed by atoms with van der Waals surface area (Å²) in [6.45, 7) is 2.03. The van der Waals surface area contributed by atoms with Gasteiger partial charge in [0.25, 0.3) is 5.91 Å². The van der Waals surface area contributed by atoms with Crippen LogP contribution < -0.4 is 5.32 Å². The van der Waals surface area contributed by atoms with E-state index in [1.807, 2.05) is 72.8 Å². The maximum atomic E-state index is 12.9. The van der Waals surface area contributed by atoms with Gasteiger partial charge in [-0.2, -0.15) is 0 Å². The van der Waals surface area contributed by atoms with E-state index in [0.29, 0.717) is 38.3 Å². The molecule has 0 spiro atoms. The van der Waals surface area contributed by atoms with Crippen molar-refractivity contribution in [3.05, 3.63) is 107 Å². The summed E-state index contributed by atoms with van der Waals surface area (Å²) in [5.41, 5.74) is 3.82. The molecule has 1 aliphatic rings. The molecule has 1 N–H and O–H groups in total. The van der Waals surface area contributed by atoms with E-state index < -0.39 is 6.04 Å². The first-order chi connectivity index (χ1) is 15.7. The number of hydrogen-bond acceptors (Lipinski definition) is 3. The van der Waals surface area contributed by atoms with Crippen LogP contribution in [0, 0.1) is 0 Å².